The number of alkyl carbamates (subject to hydrolysis) is 1. The zero-order valence-corrected chi connectivity index (χ0v) is 12.8. The summed E-state index contributed by atoms with van der Waals surface area (Å²) in [7, 11) is 0. The largest absolute Gasteiger partial charge is 0.447 e. The number of likely N-dealkylation sites (tertiary alicyclic amines) is 1. The Morgan fingerprint density at radius 1 is 1.62 bits per heavy atom. The highest BCUT2D eigenvalue weighted by Gasteiger charge is 2.44. The van der Waals surface area contributed by atoms with Crippen LogP contribution in [-0.2, 0) is 9.47 Å². The number of carbonyl (C=O) groups excluding carboxylic acids is 1. The fraction of sp³-hybridized carbons (Fsp3) is 0.846. The summed E-state index contributed by atoms with van der Waals surface area (Å²) >= 11 is 1.57. The van der Waals surface area contributed by atoms with Gasteiger partial charge in [0.05, 0.1) is 12.2 Å². The van der Waals surface area contributed by atoms with E-state index >= 15 is 0 Å². The van der Waals surface area contributed by atoms with Gasteiger partial charge in [-0.2, -0.15) is 0 Å². The molecule has 0 aromatic heterocycles. The molecule has 0 aromatic carbocycles. The van der Waals surface area contributed by atoms with Crippen molar-refractivity contribution in [3.05, 3.63) is 0 Å². The Kier molecular flexibility index (Phi) is 4.56. The predicted octanol–water partition coefficient (Wildman–Crippen LogP) is 0.385. The number of thioether (sulfide) groups is 1. The SMILES string of the molecule is CCNC(=O)OCC1CC(O)C2N=C(N3CCC3)SC2O1. The zero-order chi connectivity index (χ0) is 14.8. The van der Waals surface area contributed by atoms with E-state index in [4.69, 9.17) is 9.47 Å². The number of amidine groups is 1. The van der Waals surface area contributed by atoms with Gasteiger partial charge in [0.1, 0.15) is 18.1 Å². The Morgan fingerprint density at radius 2 is 2.43 bits per heavy atom. The third-order valence-corrected chi connectivity index (χ3v) is 5.03. The van der Waals surface area contributed by atoms with Gasteiger partial charge in [-0.3, -0.25) is 4.99 Å². The zero-order valence-electron chi connectivity index (χ0n) is 12.0. The average Bonchev–Trinajstić information content (AvgIpc) is 2.78. The van der Waals surface area contributed by atoms with Crippen LogP contribution in [0.1, 0.15) is 19.8 Å². The van der Waals surface area contributed by atoms with Gasteiger partial charge >= 0.3 is 6.09 Å². The van der Waals surface area contributed by atoms with Gasteiger partial charge in [-0.05, 0) is 13.3 Å². The van der Waals surface area contributed by atoms with Gasteiger partial charge in [0.2, 0.25) is 0 Å². The lowest BCUT2D eigenvalue weighted by atomic mass is 10.0. The molecule has 0 saturated carbocycles. The minimum Gasteiger partial charge on any atom is -0.447 e. The fourth-order valence-corrected chi connectivity index (χ4v) is 3.87. The second kappa shape index (κ2) is 6.41. The molecule has 3 aliphatic rings. The summed E-state index contributed by atoms with van der Waals surface area (Å²) in [5.41, 5.74) is -0.174. The van der Waals surface area contributed by atoms with Crippen LogP contribution in [0, 0.1) is 0 Å². The Balaban J connectivity index is 1.51. The van der Waals surface area contributed by atoms with Crippen molar-refractivity contribution >= 4 is 23.0 Å². The van der Waals surface area contributed by atoms with Crippen molar-refractivity contribution in [3.63, 3.8) is 0 Å². The monoisotopic (exact) mass is 315 g/mol. The molecule has 2 saturated heterocycles. The summed E-state index contributed by atoms with van der Waals surface area (Å²) in [6, 6.07) is -0.202. The molecular weight excluding hydrogens is 294 g/mol. The maximum atomic E-state index is 11.3. The number of aliphatic imine (C=N–C) groups is 1. The van der Waals surface area contributed by atoms with Crippen molar-refractivity contribution in [3.8, 4) is 0 Å². The van der Waals surface area contributed by atoms with Crippen LogP contribution in [0.25, 0.3) is 0 Å². The van der Waals surface area contributed by atoms with Crippen molar-refractivity contribution in [1.82, 2.24) is 10.2 Å². The first-order chi connectivity index (χ1) is 10.2. The summed E-state index contributed by atoms with van der Waals surface area (Å²) in [4.78, 5) is 18.1. The van der Waals surface area contributed by atoms with E-state index in [1.165, 1.54) is 6.42 Å². The smallest absolute Gasteiger partial charge is 0.407 e. The third-order valence-electron chi connectivity index (χ3n) is 3.83. The van der Waals surface area contributed by atoms with Crippen molar-refractivity contribution in [2.24, 2.45) is 4.99 Å². The Labute approximate surface area is 128 Å². The molecule has 0 radical (unpaired) electrons. The number of fused-ring (bicyclic) bond motifs is 1. The summed E-state index contributed by atoms with van der Waals surface area (Å²) in [6.45, 7) is 4.58. The van der Waals surface area contributed by atoms with Crippen LogP contribution < -0.4 is 5.32 Å². The van der Waals surface area contributed by atoms with Crippen molar-refractivity contribution in [1.29, 1.82) is 0 Å². The van der Waals surface area contributed by atoms with Gasteiger partial charge in [-0.25, -0.2) is 4.79 Å². The van der Waals surface area contributed by atoms with E-state index in [9.17, 15) is 9.90 Å². The number of aliphatic hydroxyl groups is 1. The second-order valence-electron chi connectivity index (χ2n) is 5.42. The minimum atomic E-state index is -0.544. The number of carbonyl (C=O) groups is 1. The first-order valence-corrected chi connectivity index (χ1v) is 8.29. The molecule has 3 heterocycles. The molecule has 0 aliphatic carbocycles. The van der Waals surface area contributed by atoms with E-state index in [0.717, 1.165) is 18.3 Å². The topological polar surface area (TPSA) is 83.4 Å². The molecule has 4 unspecified atom stereocenters. The van der Waals surface area contributed by atoms with Crippen LogP contribution in [-0.4, -0.2) is 71.2 Å². The predicted molar refractivity (Wildman–Crippen MR) is 79.3 cm³/mol. The van der Waals surface area contributed by atoms with Crippen molar-refractivity contribution in [2.45, 2.75) is 43.5 Å². The molecule has 0 aromatic rings. The van der Waals surface area contributed by atoms with Crippen LogP contribution in [0.4, 0.5) is 4.79 Å². The Bertz CT molecular complexity index is 430. The van der Waals surface area contributed by atoms with Crippen LogP contribution in [0.5, 0.6) is 0 Å². The number of nitrogens with zero attached hydrogens (tertiary/aromatic N) is 2. The summed E-state index contributed by atoms with van der Waals surface area (Å²) in [6.07, 6.45) is 0.369. The van der Waals surface area contributed by atoms with Crippen molar-refractivity contribution in [2.75, 3.05) is 26.2 Å². The van der Waals surface area contributed by atoms with E-state index in [1.807, 2.05) is 6.92 Å². The number of aliphatic hydroxyl groups excluding tert-OH is 1. The van der Waals surface area contributed by atoms with Gasteiger partial charge in [-0.1, -0.05) is 11.8 Å². The molecule has 8 heteroatoms. The van der Waals surface area contributed by atoms with Crippen LogP contribution in [0.2, 0.25) is 0 Å². The number of rotatable bonds is 3. The molecule has 3 aliphatic heterocycles. The molecule has 0 bridgehead atoms. The van der Waals surface area contributed by atoms with E-state index in [1.54, 1.807) is 11.8 Å². The number of ether oxygens (including phenoxy) is 2. The molecule has 2 fully saturated rings. The molecule has 1 amide bonds. The third kappa shape index (κ3) is 3.27. The number of hydrogen-bond donors (Lipinski definition) is 2. The standard InChI is InChI=1S/C13H21N3O4S/c1-2-14-13(18)19-7-8-6-9(17)10-11(20-8)21-12(15-10)16-4-3-5-16/h8-11,17H,2-7H2,1H3,(H,14,18). The lowest BCUT2D eigenvalue weighted by Crippen LogP contribution is -2.46. The minimum absolute atomic E-state index is 0.158. The average molecular weight is 315 g/mol. The highest BCUT2D eigenvalue weighted by molar-refractivity contribution is 8.14. The highest BCUT2D eigenvalue weighted by atomic mass is 32.2. The summed E-state index contributed by atoms with van der Waals surface area (Å²) in [5.74, 6) is 0. The quantitative estimate of drug-likeness (QED) is 0.784. The van der Waals surface area contributed by atoms with Gasteiger partial charge in [0.25, 0.3) is 0 Å². The molecule has 118 valence electrons. The van der Waals surface area contributed by atoms with Gasteiger partial charge in [-0.15, -0.1) is 0 Å². The van der Waals surface area contributed by atoms with E-state index < -0.39 is 12.2 Å². The maximum Gasteiger partial charge on any atom is 0.407 e. The van der Waals surface area contributed by atoms with Gasteiger partial charge in [0.15, 0.2) is 5.17 Å². The molecule has 4 atom stereocenters. The van der Waals surface area contributed by atoms with Crippen LogP contribution in [0.3, 0.4) is 0 Å². The molecular formula is C13H21N3O4S. The molecule has 3 rings (SSSR count). The normalized spacial score (nSPS) is 34.8. The summed E-state index contributed by atoms with van der Waals surface area (Å²) < 4.78 is 11.0. The van der Waals surface area contributed by atoms with Gasteiger partial charge in [0, 0.05) is 26.1 Å². The lowest BCUT2D eigenvalue weighted by Gasteiger charge is -2.34. The lowest BCUT2D eigenvalue weighted by molar-refractivity contribution is -0.0889. The Morgan fingerprint density at radius 3 is 3.10 bits per heavy atom. The molecule has 7 nitrogen and oxygen atoms in total. The second-order valence-corrected chi connectivity index (χ2v) is 6.48. The van der Waals surface area contributed by atoms with Crippen molar-refractivity contribution < 1.29 is 19.4 Å². The number of amides is 1. The molecule has 2 N–H and O–H groups in total. The van der Waals surface area contributed by atoms with E-state index in [-0.39, 0.29) is 24.2 Å². The molecule has 0 spiro atoms. The van der Waals surface area contributed by atoms with Gasteiger partial charge < -0.3 is 24.8 Å². The number of nitrogens with one attached hydrogen (secondary N) is 1. The first-order valence-electron chi connectivity index (χ1n) is 7.41. The molecule has 21 heavy (non-hydrogen) atoms. The van der Waals surface area contributed by atoms with Crippen LogP contribution >= 0.6 is 11.8 Å². The van der Waals surface area contributed by atoms with Crippen LogP contribution in [0.15, 0.2) is 4.99 Å². The Hall–Kier alpha value is -0.990. The highest BCUT2D eigenvalue weighted by Crippen LogP contribution is 2.38. The van der Waals surface area contributed by atoms with E-state index in [0.29, 0.717) is 13.0 Å². The van der Waals surface area contributed by atoms with E-state index in [2.05, 4.69) is 15.2 Å². The summed E-state index contributed by atoms with van der Waals surface area (Å²) in [5, 5.41) is 13.8. The maximum absolute atomic E-state index is 11.3. The fourth-order valence-electron chi connectivity index (χ4n) is 2.56. The number of hydrogen-bond acceptors (Lipinski definition) is 7. The first kappa shape index (κ1) is 14.9.